The Morgan fingerprint density at radius 1 is 1.48 bits per heavy atom. The molecule has 0 radical (unpaired) electrons. The Kier molecular flexibility index (Phi) is 4.11. The van der Waals surface area contributed by atoms with Gasteiger partial charge in [-0.3, -0.25) is 4.79 Å². The molecule has 3 N–H and O–H groups in total. The minimum Gasteiger partial charge on any atom is -0.479 e. The first kappa shape index (κ1) is 15.6. The third-order valence-corrected chi connectivity index (χ3v) is 3.23. The standard InChI is InChI=1S/C13H15F3N2O3/c1-7-12(20)18(4-5-19)9-6-8(2-3-10(9)21-7)11(17)13(14,15)16/h2-3,6-7,11,19H,4-5,17H2,1H3. The van der Waals surface area contributed by atoms with Gasteiger partial charge in [0.25, 0.3) is 5.91 Å². The maximum Gasteiger partial charge on any atom is 0.407 e. The van der Waals surface area contributed by atoms with Gasteiger partial charge in [0.05, 0.1) is 12.3 Å². The van der Waals surface area contributed by atoms with Crippen LogP contribution in [0.2, 0.25) is 0 Å². The summed E-state index contributed by atoms with van der Waals surface area (Å²) >= 11 is 0. The Bertz CT molecular complexity index is 548. The smallest absolute Gasteiger partial charge is 0.407 e. The average Bonchev–Trinajstić information content (AvgIpc) is 2.41. The molecule has 2 rings (SSSR count). The fraction of sp³-hybridized carbons (Fsp3) is 0.462. The lowest BCUT2D eigenvalue weighted by atomic mass is 10.0. The largest absolute Gasteiger partial charge is 0.479 e. The highest BCUT2D eigenvalue weighted by molar-refractivity contribution is 5.99. The normalized spacial score (nSPS) is 20.0. The Balaban J connectivity index is 2.44. The molecular weight excluding hydrogens is 289 g/mol. The fourth-order valence-corrected chi connectivity index (χ4v) is 2.14. The number of hydrogen-bond donors (Lipinski definition) is 2. The van der Waals surface area contributed by atoms with Crippen LogP contribution in [-0.2, 0) is 4.79 Å². The number of carbonyl (C=O) groups is 1. The topological polar surface area (TPSA) is 75.8 Å². The van der Waals surface area contributed by atoms with Crippen molar-refractivity contribution in [3.05, 3.63) is 23.8 Å². The van der Waals surface area contributed by atoms with E-state index < -0.39 is 24.2 Å². The SMILES string of the molecule is CC1Oc2ccc(C(N)C(F)(F)F)cc2N(CCO)C1=O. The number of ether oxygens (including phenoxy) is 1. The monoisotopic (exact) mass is 304 g/mol. The highest BCUT2D eigenvalue weighted by atomic mass is 19.4. The highest BCUT2D eigenvalue weighted by Gasteiger charge is 2.39. The van der Waals surface area contributed by atoms with E-state index in [4.69, 9.17) is 15.6 Å². The molecular formula is C13H15F3N2O3. The summed E-state index contributed by atoms with van der Waals surface area (Å²) in [6.07, 6.45) is -5.34. The van der Waals surface area contributed by atoms with Gasteiger partial charge in [-0.1, -0.05) is 6.07 Å². The van der Waals surface area contributed by atoms with Crippen molar-refractivity contribution in [3.63, 3.8) is 0 Å². The van der Waals surface area contributed by atoms with Gasteiger partial charge >= 0.3 is 6.18 Å². The zero-order valence-corrected chi connectivity index (χ0v) is 11.2. The number of β-amino-alcohol motifs (C(OH)–C–C–N with tert-alkyl or cyclic N) is 1. The van der Waals surface area contributed by atoms with Crippen LogP contribution in [0.4, 0.5) is 18.9 Å². The van der Waals surface area contributed by atoms with Gasteiger partial charge in [0.2, 0.25) is 0 Å². The van der Waals surface area contributed by atoms with E-state index in [2.05, 4.69) is 0 Å². The predicted octanol–water partition coefficient (Wildman–Crippen LogP) is 1.35. The molecule has 1 amide bonds. The van der Waals surface area contributed by atoms with Crippen LogP contribution in [0.25, 0.3) is 0 Å². The number of aliphatic hydroxyl groups is 1. The number of fused-ring (bicyclic) bond motifs is 1. The molecule has 0 saturated carbocycles. The quantitative estimate of drug-likeness (QED) is 0.884. The molecule has 1 aliphatic heterocycles. The molecule has 0 fully saturated rings. The van der Waals surface area contributed by atoms with Gasteiger partial charge < -0.3 is 20.5 Å². The zero-order chi connectivity index (χ0) is 15.8. The van der Waals surface area contributed by atoms with Crippen LogP contribution in [-0.4, -0.2) is 36.4 Å². The molecule has 2 unspecified atom stereocenters. The van der Waals surface area contributed by atoms with Crippen LogP contribution in [0.5, 0.6) is 5.75 Å². The van der Waals surface area contributed by atoms with Gasteiger partial charge in [-0.05, 0) is 24.6 Å². The number of alkyl halides is 3. The molecule has 1 aliphatic rings. The maximum atomic E-state index is 12.7. The molecule has 0 spiro atoms. The zero-order valence-electron chi connectivity index (χ0n) is 11.2. The second-order valence-electron chi connectivity index (χ2n) is 4.72. The van der Waals surface area contributed by atoms with Gasteiger partial charge in [0, 0.05) is 6.54 Å². The molecule has 5 nitrogen and oxygen atoms in total. The van der Waals surface area contributed by atoms with Crippen molar-refractivity contribution in [1.82, 2.24) is 0 Å². The molecule has 116 valence electrons. The second kappa shape index (κ2) is 5.53. The Labute approximate surface area is 119 Å². The first-order valence-corrected chi connectivity index (χ1v) is 6.31. The van der Waals surface area contributed by atoms with Gasteiger partial charge in [0.15, 0.2) is 6.10 Å². The Morgan fingerprint density at radius 2 is 2.14 bits per heavy atom. The average molecular weight is 304 g/mol. The summed E-state index contributed by atoms with van der Waals surface area (Å²) in [4.78, 5) is 13.2. The van der Waals surface area contributed by atoms with Crippen molar-refractivity contribution in [1.29, 1.82) is 0 Å². The summed E-state index contributed by atoms with van der Waals surface area (Å²) in [6.45, 7) is 1.20. The Hall–Kier alpha value is -1.80. The van der Waals surface area contributed by atoms with Crippen molar-refractivity contribution < 1.29 is 27.8 Å². The van der Waals surface area contributed by atoms with Crippen LogP contribution in [0.15, 0.2) is 18.2 Å². The number of nitrogens with zero attached hydrogens (tertiary/aromatic N) is 1. The molecule has 1 aromatic carbocycles. The molecule has 1 aromatic rings. The number of amides is 1. The molecule has 0 aromatic heterocycles. The van der Waals surface area contributed by atoms with Crippen molar-refractivity contribution in [2.45, 2.75) is 25.2 Å². The third-order valence-electron chi connectivity index (χ3n) is 3.23. The summed E-state index contributed by atoms with van der Waals surface area (Å²) in [6, 6.07) is 1.60. The number of hydrogen-bond acceptors (Lipinski definition) is 4. The summed E-state index contributed by atoms with van der Waals surface area (Å²) in [5, 5.41) is 9.02. The van der Waals surface area contributed by atoms with E-state index in [-0.39, 0.29) is 30.2 Å². The number of benzene rings is 1. The van der Waals surface area contributed by atoms with E-state index >= 15 is 0 Å². The second-order valence-corrected chi connectivity index (χ2v) is 4.72. The predicted molar refractivity (Wildman–Crippen MR) is 69.0 cm³/mol. The summed E-state index contributed by atoms with van der Waals surface area (Å²) < 4.78 is 43.4. The number of aliphatic hydroxyl groups excluding tert-OH is 1. The van der Waals surface area contributed by atoms with E-state index in [0.29, 0.717) is 0 Å². The van der Waals surface area contributed by atoms with Crippen molar-refractivity contribution in [2.75, 3.05) is 18.1 Å². The van der Waals surface area contributed by atoms with Crippen LogP contribution in [0.3, 0.4) is 0 Å². The highest BCUT2D eigenvalue weighted by Crippen LogP contribution is 2.38. The van der Waals surface area contributed by atoms with Gasteiger partial charge in [-0.2, -0.15) is 13.2 Å². The van der Waals surface area contributed by atoms with E-state index in [1.165, 1.54) is 30.0 Å². The van der Waals surface area contributed by atoms with Gasteiger partial charge in [-0.15, -0.1) is 0 Å². The van der Waals surface area contributed by atoms with E-state index in [9.17, 15) is 18.0 Å². The summed E-state index contributed by atoms with van der Waals surface area (Å²) in [5.41, 5.74) is 5.18. The van der Waals surface area contributed by atoms with Crippen molar-refractivity contribution in [3.8, 4) is 5.75 Å². The van der Waals surface area contributed by atoms with E-state index in [1.54, 1.807) is 0 Å². The number of nitrogens with two attached hydrogens (primary N) is 1. The van der Waals surface area contributed by atoms with Crippen molar-refractivity contribution in [2.24, 2.45) is 5.73 Å². The van der Waals surface area contributed by atoms with E-state index in [1.807, 2.05) is 0 Å². The number of halogens is 3. The lowest BCUT2D eigenvalue weighted by Gasteiger charge is -2.33. The fourth-order valence-electron chi connectivity index (χ4n) is 2.14. The number of anilines is 1. The van der Waals surface area contributed by atoms with Gasteiger partial charge in [-0.25, -0.2) is 0 Å². The van der Waals surface area contributed by atoms with Crippen LogP contribution < -0.4 is 15.4 Å². The molecule has 1 heterocycles. The molecule has 21 heavy (non-hydrogen) atoms. The minimum absolute atomic E-state index is 0.0236. The summed E-state index contributed by atoms with van der Waals surface area (Å²) in [5.74, 6) is -0.136. The number of rotatable bonds is 3. The minimum atomic E-state index is -4.58. The van der Waals surface area contributed by atoms with Crippen LogP contribution in [0, 0.1) is 0 Å². The lowest BCUT2D eigenvalue weighted by Crippen LogP contribution is -2.45. The van der Waals surface area contributed by atoms with E-state index in [0.717, 1.165) is 0 Å². The molecule has 2 atom stereocenters. The molecule has 0 saturated heterocycles. The van der Waals surface area contributed by atoms with Crippen LogP contribution >= 0.6 is 0 Å². The molecule has 0 bridgehead atoms. The first-order valence-electron chi connectivity index (χ1n) is 6.31. The molecule has 8 heteroatoms. The first-order chi connectivity index (χ1) is 9.75. The number of carbonyl (C=O) groups excluding carboxylic acids is 1. The molecule has 0 aliphatic carbocycles. The maximum absolute atomic E-state index is 12.7. The summed E-state index contributed by atoms with van der Waals surface area (Å²) in [7, 11) is 0. The Morgan fingerprint density at radius 3 is 2.71 bits per heavy atom. The van der Waals surface area contributed by atoms with Gasteiger partial charge in [0.1, 0.15) is 11.8 Å². The van der Waals surface area contributed by atoms with Crippen LogP contribution in [0.1, 0.15) is 18.5 Å². The lowest BCUT2D eigenvalue weighted by molar-refractivity contribution is -0.149. The van der Waals surface area contributed by atoms with Crippen molar-refractivity contribution >= 4 is 11.6 Å². The third kappa shape index (κ3) is 2.96.